The van der Waals surface area contributed by atoms with Gasteiger partial charge in [-0.15, -0.1) is 0 Å². The first kappa shape index (κ1) is 13.9. The predicted molar refractivity (Wildman–Crippen MR) is 62.2 cm³/mol. The first-order chi connectivity index (χ1) is 7.37. The molecule has 0 saturated carbocycles. The number of ether oxygens (including phenoxy) is 1. The van der Waals surface area contributed by atoms with E-state index in [1.807, 2.05) is 13.8 Å². The summed E-state index contributed by atoms with van der Waals surface area (Å²) in [6, 6.07) is 0. The standard InChI is InChI=1S/C9H21N3O3S/c1-9(2,3-4-10)11-16(13,14)12-5-7-15-8-6-12/h11H,3-8,10H2,1-2H3. The van der Waals surface area contributed by atoms with Gasteiger partial charge < -0.3 is 10.5 Å². The van der Waals surface area contributed by atoms with E-state index in [9.17, 15) is 8.42 Å². The van der Waals surface area contributed by atoms with E-state index in [2.05, 4.69) is 4.72 Å². The zero-order valence-electron chi connectivity index (χ0n) is 9.90. The Bertz CT molecular complexity index is 310. The minimum atomic E-state index is -3.42. The van der Waals surface area contributed by atoms with Crippen LogP contribution in [0.3, 0.4) is 0 Å². The second-order valence-corrected chi connectivity index (χ2v) is 6.21. The van der Waals surface area contributed by atoms with Crippen LogP contribution in [0.25, 0.3) is 0 Å². The lowest BCUT2D eigenvalue weighted by atomic mass is 10.0. The first-order valence-corrected chi connectivity index (χ1v) is 6.88. The van der Waals surface area contributed by atoms with E-state index in [0.717, 1.165) is 0 Å². The Balaban J connectivity index is 2.63. The summed E-state index contributed by atoms with van der Waals surface area (Å²) >= 11 is 0. The molecule has 96 valence electrons. The number of nitrogens with one attached hydrogen (secondary N) is 1. The minimum Gasteiger partial charge on any atom is -0.379 e. The Morgan fingerprint density at radius 2 is 1.94 bits per heavy atom. The number of morpholine rings is 1. The van der Waals surface area contributed by atoms with E-state index in [1.54, 1.807) is 0 Å². The fraction of sp³-hybridized carbons (Fsp3) is 1.00. The molecule has 0 atom stereocenters. The highest BCUT2D eigenvalue weighted by atomic mass is 32.2. The van der Waals surface area contributed by atoms with Crippen molar-refractivity contribution in [3.05, 3.63) is 0 Å². The largest absolute Gasteiger partial charge is 0.379 e. The molecule has 16 heavy (non-hydrogen) atoms. The van der Waals surface area contributed by atoms with E-state index < -0.39 is 15.7 Å². The van der Waals surface area contributed by atoms with E-state index in [-0.39, 0.29) is 0 Å². The number of rotatable bonds is 5. The van der Waals surface area contributed by atoms with Crippen LogP contribution in [0.15, 0.2) is 0 Å². The molecule has 0 unspecified atom stereocenters. The average Bonchev–Trinajstić information content (AvgIpc) is 2.17. The fourth-order valence-corrected chi connectivity index (χ4v) is 3.17. The van der Waals surface area contributed by atoms with Crippen LogP contribution < -0.4 is 10.5 Å². The smallest absolute Gasteiger partial charge is 0.280 e. The molecule has 1 aliphatic rings. The predicted octanol–water partition coefficient (Wildman–Crippen LogP) is -0.720. The zero-order chi connectivity index (χ0) is 12.2. The van der Waals surface area contributed by atoms with Gasteiger partial charge in [-0.2, -0.15) is 17.4 Å². The summed E-state index contributed by atoms with van der Waals surface area (Å²) in [6.07, 6.45) is 0.608. The van der Waals surface area contributed by atoms with Crippen LogP contribution >= 0.6 is 0 Å². The van der Waals surface area contributed by atoms with Crippen LogP contribution in [-0.4, -0.2) is 51.1 Å². The molecule has 6 nitrogen and oxygen atoms in total. The molecule has 1 rings (SSSR count). The number of nitrogens with two attached hydrogens (primary N) is 1. The third-order valence-electron chi connectivity index (χ3n) is 2.48. The number of hydrogen-bond acceptors (Lipinski definition) is 4. The molecule has 1 heterocycles. The molecule has 0 aliphatic carbocycles. The van der Waals surface area contributed by atoms with Gasteiger partial charge in [0.15, 0.2) is 0 Å². The highest BCUT2D eigenvalue weighted by molar-refractivity contribution is 7.87. The number of nitrogens with zero attached hydrogens (tertiary/aromatic N) is 1. The van der Waals surface area contributed by atoms with Gasteiger partial charge in [0.05, 0.1) is 13.2 Å². The number of hydrogen-bond donors (Lipinski definition) is 2. The van der Waals surface area contributed by atoms with Crippen molar-refractivity contribution in [3.8, 4) is 0 Å². The summed E-state index contributed by atoms with van der Waals surface area (Å²) in [5.74, 6) is 0. The highest BCUT2D eigenvalue weighted by Crippen LogP contribution is 2.12. The molecule has 1 fully saturated rings. The van der Waals surface area contributed by atoms with Crippen molar-refractivity contribution in [1.29, 1.82) is 0 Å². The molecule has 1 saturated heterocycles. The van der Waals surface area contributed by atoms with Crippen LogP contribution in [0.2, 0.25) is 0 Å². The van der Waals surface area contributed by atoms with Gasteiger partial charge in [0.2, 0.25) is 0 Å². The third kappa shape index (κ3) is 3.99. The van der Waals surface area contributed by atoms with Gasteiger partial charge in [-0.25, -0.2) is 0 Å². The van der Waals surface area contributed by atoms with Gasteiger partial charge in [0, 0.05) is 18.6 Å². The molecular formula is C9H21N3O3S. The maximum Gasteiger partial charge on any atom is 0.280 e. The van der Waals surface area contributed by atoms with Crippen molar-refractivity contribution >= 4 is 10.2 Å². The van der Waals surface area contributed by atoms with E-state index in [0.29, 0.717) is 39.3 Å². The quantitative estimate of drug-likeness (QED) is 0.675. The monoisotopic (exact) mass is 251 g/mol. The maximum atomic E-state index is 12.0. The molecular weight excluding hydrogens is 230 g/mol. The molecule has 0 aromatic carbocycles. The Morgan fingerprint density at radius 3 is 2.44 bits per heavy atom. The van der Waals surface area contributed by atoms with Crippen molar-refractivity contribution in [2.75, 3.05) is 32.8 Å². The van der Waals surface area contributed by atoms with Gasteiger partial charge >= 0.3 is 0 Å². The lowest BCUT2D eigenvalue weighted by Crippen LogP contribution is -2.53. The molecule has 0 aromatic heterocycles. The van der Waals surface area contributed by atoms with Gasteiger partial charge in [0.1, 0.15) is 0 Å². The molecule has 3 N–H and O–H groups in total. The summed E-state index contributed by atoms with van der Waals surface area (Å²) < 4.78 is 33.2. The van der Waals surface area contributed by atoms with Crippen LogP contribution in [0.1, 0.15) is 20.3 Å². The Morgan fingerprint density at radius 1 is 1.38 bits per heavy atom. The Hall–Kier alpha value is -0.210. The van der Waals surface area contributed by atoms with Crippen LogP contribution in [0.5, 0.6) is 0 Å². The Kier molecular flexibility index (Phi) is 4.69. The van der Waals surface area contributed by atoms with Crippen LogP contribution in [-0.2, 0) is 14.9 Å². The molecule has 0 bridgehead atoms. The van der Waals surface area contributed by atoms with E-state index in [1.165, 1.54) is 4.31 Å². The lowest BCUT2D eigenvalue weighted by Gasteiger charge is -2.31. The second-order valence-electron chi connectivity index (χ2n) is 4.54. The molecule has 0 amide bonds. The summed E-state index contributed by atoms with van der Waals surface area (Å²) in [5, 5.41) is 0. The summed E-state index contributed by atoms with van der Waals surface area (Å²) in [6.45, 7) is 5.85. The van der Waals surface area contributed by atoms with Crippen molar-refractivity contribution < 1.29 is 13.2 Å². The Labute approximate surface area is 97.3 Å². The van der Waals surface area contributed by atoms with Gasteiger partial charge in [0.25, 0.3) is 10.2 Å². The minimum absolute atomic E-state index is 0.411. The van der Waals surface area contributed by atoms with E-state index in [4.69, 9.17) is 10.5 Å². The van der Waals surface area contributed by atoms with Crippen LogP contribution in [0, 0.1) is 0 Å². The second kappa shape index (κ2) is 5.42. The molecule has 7 heteroatoms. The summed E-state index contributed by atoms with van der Waals surface area (Å²) in [7, 11) is -3.42. The summed E-state index contributed by atoms with van der Waals surface area (Å²) in [5.41, 5.74) is 4.94. The first-order valence-electron chi connectivity index (χ1n) is 5.44. The zero-order valence-corrected chi connectivity index (χ0v) is 10.7. The highest BCUT2D eigenvalue weighted by Gasteiger charge is 2.30. The lowest BCUT2D eigenvalue weighted by molar-refractivity contribution is 0.0720. The third-order valence-corrected chi connectivity index (χ3v) is 4.34. The van der Waals surface area contributed by atoms with Crippen molar-refractivity contribution in [3.63, 3.8) is 0 Å². The maximum absolute atomic E-state index is 12.0. The van der Waals surface area contributed by atoms with Crippen LogP contribution in [0.4, 0.5) is 0 Å². The SMILES string of the molecule is CC(C)(CCN)NS(=O)(=O)N1CCOCC1. The molecule has 0 radical (unpaired) electrons. The van der Waals surface area contributed by atoms with Crippen molar-refractivity contribution in [2.24, 2.45) is 5.73 Å². The summed E-state index contributed by atoms with van der Waals surface area (Å²) in [4.78, 5) is 0. The van der Waals surface area contributed by atoms with Gasteiger partial charge in [-0.3, -0.25) is 0 Å². The fourth-order valence-electron chi connectivity index (χ4n) is 1.61. The molecule has 0 aromatic rings. The topological polar surface area (TPSA) is 84.7 Å². The molecule has 0 spiro atoms. The molecule has 1 aliphatic heterocycles. The van der Waals surface area contributed by atoms with E-state index >= 15 is 0 Å². The average molecular weight is 251 g/mol. The van der Waals surface area contributed by atoms with Crippen molar-refractivity contribution in [1.82, 2.24) is 9.03 Å². The van der Waals surface area contributed by atoms with Gasteiger partial charge in [-0.1, -0.05) is 0 Å². The van der Waals surface area contributed by atoms with Crippen molar-refractivity contribution in [2.45, 2.75) is 25.8 Å². The normalized spacial score (nSPS) is 19.9. The van der Waals surface area contributed by atoms with Gasteiger partial charge in [-0.05, 0) is 26.8 Å².